The third kappa shape index (κ3) is 2.06. The molecule has 1 heterocycles. The van der Waals surface area contributed by atoms with Gasteiger partial charge in [0.1, 0.15) is 5.69 Å². The summed E-state index contributed by atoms with van der Waals surface area (Å²) in [6, 6.07) is 22.8. The van der Waals surface area contributed by atoms with E-state index in [2.05, 4.69) is 61.3 Å². The molecular weight excluding hydrogens is 340 g/mol. The summed E-state index contributed by atoms with van der Waals surface area (Å²) >= 11 is 6.57. The molecule has 0 fully saturated rings. The zero-order valence-electron chi connectivity index (χ0n) is 14.6. The zero-order valence-corrected chi connectivity index (χ0v) is 15.4. The Kier molecular flexibility index (Phi) is 3.22. The van der Waals surface area contributed by atoms with Crippen molar-refractivity contribution < 1.29 is 0 Å². The standard InChI is InChI=1S/C23H17ClN2/c1-23(2)17-11-4-3-8-14(17)15-9-7-10-16(20(15)23)21-22(24)26-19-13-6-5-12-18(19)25-21/h3-13H,1-2H3. The average Bonchev–Trinajstić information content (AvgIpc) is 2.89. The van der Waals surface area contributed by atoms with E-state index in [0.717, 1.165) is 22.3 Å². The Hall–Kier alpha value is -2.71. The molecule has 0 amide bonds. The minimum Gasteiger partial charge on any atom is -0.243 e. The summed E-state index contributed by atoms with van der Waals surface area (Å²) in [6.07, 6.45) is 0. The third-order valence-corrected chi connectivity index (χ3v) is 5.63. The smallest absolute Gasteiger partial charge is 0.156 e. The quantitative estimate of drug-likeness (QED) is 0.402. The summed E-state index contributed by atoms with van der Waals surface area (Å²) in [7, 11) is 0. The highest BCUT2D eigenvalue weighted by Crippen LogP contribution is 2.52. The lowest BCUT2D eigenvalue weighted by molar-refractivity contribution is 0.662. The van der Waals surface area contributed by atoms with Crippen molar-refractivity contribution in [1.82, 2.24) is 9.97 Å². The number of hydrogen-bond acceptors (Lipinski definition) is 2. The molecule has 3 aromatic carbocycles. The molecule has 5 rings (SSSR count). The number of aromatic nitrogens is 2. The molecule has 0 bridgehead atoms. The predicted molar refractivity (Wildman–Crippen MR) is 108 cm³/mol. The van der Waals surface area contributed by atoms with E-state index < -0.39 is 0 Å². The number of hydrogen-bond donors (Lipinski definition) is 0. The van der Waals surface area contributed by atoms with Crippen LogP contribution in [0.25, 0.3) is 33.4 Å². The molecule has 0 spiro atoms. The van der Waals surface area contributed by atoms with Crippen molar-refractivity contribution in [2.24, 2.45) is 0 Å². The van der Waals surface area contributed by atoms with Gasteiger partial charge in [-0.2, -0.15) is 0 Å². The third-order valence-electron chi connectivity index (χ3n) is 5.36. The van der Waals surface area contributed by atoms with Gasteiger partial charge in [-0.25, -0.2) is 9.97 Å². The molecule has 2 nitrogen and oxygen atoms in total. The van der Waals surface area contributed by atoms with Gasteiger partial charge >= 0.3 is 0 Å². The van der Waals surface area contributed by atoms with E-state index in [9.17, 15) is 0 Å². The first kappa shape index (κ1) is 15.5. The maximum absolute atomic E-state index is 6.57. The number of para-hydroxylation sites is 2. The van der Waals surface area contributed by atoms with Crippen LogP contribution in [0.15, 0.2) is 66.7 Å². The first-order valence-corrected chi connectivity index (χ1v) is 9.11. The van der Waals surface area contributed by atoms with E-state index >= 15 is 0 Å². The van der Waals surface area contributed by atoms with Crippen molar-refractivity contribution in [2.45, 2.75) is 19.3 Å². The van der Waals surface area contributed by atoms with Gasteiger partial charge in [-0.05, 0) is 34.4 Å². The lowest BCUT2D eigenvalue weighted by atomic mass is 9.79. The largest absolute Gasteiger partial charge is 0.243 e. The molecule has 1 aromatic heterocycles. The summed E-state index contributed by atoms with van der Waals surface area (Å²) in [5.74, 6) is 0. The van der Waals surface area contributed by atoms with E-state index in [0.29, 0.717) is 5.15 Å². The lowest BCUT2D eigenvalue weighted by Crippen LogP contribution is -2.16. The summed E-state index contributed by atoms with van der Waals surface area (Å²) in [6.45, 7) is 4.53. The maximum atomic E-state index is 6.57. The summed E-state index contributed by atoms with van der Waals surface area (Å²) in [4.78, 5) is 9.43. The van der Waals surface area contributed by atoms with Crippen LogP contribution in [-0.2, 0) is 5.41 Å². The second-order valence-corrected chi connectivity index (χ2v) is 7.61. The van der Waals surface area contributed by atoms with Crippen LogP contribution in [0.4, 0.5) is 0 Å². The lowest BCUT2D eigenvalue weighted by Gasteiger charge is -2.24. The van der Waals surface area contributed by atoms with Crippen LogP contribution < -0.4 is 0 Å². The molecule has 1 aliphatic rings. The Morgan fingerprint density at radius 3 is 2.12 bits per heavy atom. The van der Waals surface area contributed by atoms with Crippen LogP contribution in [0.2, 0.25) is 5.15 Å². The van der Waals surface area contributed by atoms with Crippen molar-refractivity contribution in [3.05, 3.63) is 83.0 Å². The van der Waals surface area contributed by atoms with Crippen molar-refractivity contribution in [3.8, 4) is 22.4 Å². The normalized spacial score (nSPS) is 14.3. The Labute approximate surface area is 157 Å². The van der Waals surface area contributed by atoms with Crippen LogP contribution in [-0.4, -0.2) is 9.97 Å². The van der Waals surface area contributed by atoms with Gasteiger partial charge in [0.2, 0.25) is 0 Å². The molecule has 26 heavy (non-hydrogen) atoms. The van der Waals surface area contributed by atoms with Crippen molar-refractivity contribution in [3.63, 3.8) is 0 Å². The number of fused-ring (bicyclic) bond motifs is 4. The van der Waals surface area contributed by atoms with Crippen molar-refractivity contribution in [1.29, 1.82) is 0 Å². The summed E-state index contributed by atoms with van der Waals surface area (Å²) in [5.41, 5.74) is 8.54. The van der Waals surface area contributed by atoms with Gasteiger partial charge < -0.3 is 0 Å². The molecule has 1 aliphatic carbocycles. The minimum absolute atomic E-state index is 0.112. The van der Waals surface area contributed by atoms with E-state index in [-0.39, 0.29) is 5.41 Å². The summed E-state index contributed by atoms with van der Waals surface area (Å²) < 4.78 is 0. The number of halogens is 1. The molecule has 0 radical (unpaired) electrons. The van der Waals surface area contributed by atoms with Gasteiger partial charge in [0.05, 0.1) is 11.0 Å². The highest BCUT2D eigenvalue weighted by molar-refractivity contribution is 6.32. The molecule has 3 heteroatoms. The molecule has 0 saturated carbocycles. The van der Waals surface area contributed by atoms with E-state index in [1.807, 2.05) is 24.3 Å². The molecule has 0 aliphatic heterocycles. The molecule has 0 unspecified atom stereocenters. The number of nitrogens with zero attached hydrogens (tertiary/aromatic N) is 2. The first-order valence-electron chi connectivity index (χ1n) is 8.73. The van der Waals surface area contributed by atoms with Crippen LogP contribution >= 0.6 is 11.6 Å². The second-order valence-electron chi connectivity index (χ2n) is 7.25. The Morgan fingerprint density at radius 2 is 1.31 bits per heavy atom. The Bertz CT molecular complexity index is 1180. The van der Waals surface area contributed by atoms with Crippen LogP contribution in [0.1, 0.15) is 25.0 Å². The molecule has 0 atom stereocenters. The Balaban J connectivity index is 1.83. The highest BCUT2D eigenvalue weighted by atomic mass is 35.5. The van der Waals surface area contributed by atoms with Gasteiger partial charge in [-0.15, -0.1) is 0 Å². The Morgan fingerprint density at radius 1 is 0.692 bits per heavy atom. The van der Waals surface area contributed by atoms with Crippen LogP contribution in [0.3, 0.4) is 0 Å². The van der Waals surface area contributed by atoms with Crippen molar-refractivity contribution >= 4 is 22.6 Å². The van der Waals surface area contributed by atoms with Crippen LogP contribution in [0, 0.1) is 0 Å². The summed E-state index contributed by atoms with van der Waals surface area (Å²) in [5, 5.41) is 0.448. The molecule has 126 valence electrons. The second kappa shape index (κ2) is 5.39. The van der Waals surface area contributed by atoms with Crippen LogP contribution in [0.5, 0.6) is 0 Å². The minimum atomic E-state index is -0.112. The fraction of sp³-hybridized carbons (Fsp3) is 0.130. The fourth-order valence-electron chi connectivity index (χ4n) is 4.19. The van der Waals surface area contributed by atoms with Gasteiger partial charge in [0, 0.05) is 11.0 Å². The van der Waals surface area contributed by atoms with Gasteiger partial charge in [0.15, 0.2) is 5.15 Å². The predicted octanol–water partition coefficient (Wildman–Crippen LogP) is 6.26. The van der Waals surface area contributed by atoms with Gasteiger partial charge in [-0.3, -0.25) is 0 Å². The first-order chi connectivity index (χ1) is 12.6. The molecule has 0 saturated heterocycles. The maximum Gasteiger partial charge on any atom is 0.156 e. The average molecular weight is 357 g/mol. The zero-order chi connectivity index (χ0) is 17.9. The topological polar surface area (TPSA) is 25.8 Å². The van der Waals surface area contributed by atoms with E-state index in [1.165, 1.54) is 22.3 Å². The van der Waals surface area contributed by atoms with E-state index in [1.54, 1.807) is 0 Å². The molecule has 0 N–H and O–H groups in total. The van der Waals surface area contributed by atoms with Crippen molar-refractivity contribution in [2.75, 3.05) is 0 Å². The number of benzene rings is 3. The molecule has 4 aromatic rings. The molecular formula is C23H17ClN2. The van der Waals surface area contributed by atoms with Gasteiger partial charge in [0.25, 0.3) is 0 Å². The van der Waals surface area contributed by atoms with E-state index in [4.69, 9.17) is 16.6 Å². The SMILES string of the molecule is CC1(C)c2ccccc2-c2cccc(-c3nc4ccccc4nc3Cl)c21. The highest BCUT2D eigenvalue weighted by Gasteiger charge is 2.37. The van der Waals surface area contributed by atoms with Gasteiger partial charge in [-0.1, -0.05) is 80.0 Å². The fourth-order valence-corrected chi connectivity index (χ4v) is 4.43. The monoisotopic (exact) mass is 356 g/mol. The number of rotatable bonds is 1.